The quantitative estimate of drug-likeness (QED) is 0.851. The second-order valence-electron chi connectivity index (χ2n) is 7.42. The molecule has 2 aromatic heterocycles. The summed E-state index contributed by atoms with van der Waals surface area (Å²) in [6, 6.07) is 5.62. The zero-order valence-corrected chi connectivity index (χ0v) is 14.8. The van der Waals surface area contributed by atoms with Gasteiger partial charge in [0.2, 0.25) is 5.91 Å². The number of pyridine rings is 1. The molecule has 2 aliphatic rings. The molecule has 0 atom stereocenters. The van der Waals surface area contributed by atoms with Gasteiger partial charge in [0.05, 0.1) is 11.8 Å². The van der Waals surface area contributed by atoms with Gasteiger partial charge in [0, 0.05) is 45.0 Å². The van der Waals surface area contributed by atoms with Crippen LogP contribution < -0.4 is 0 Å². The van der Waals surface area contributed by atoms with E-state index in [-0.39, 0.29) is 17.2 Å². The Labute approximate surface area is 152 Å². The fraction of sp³-hybridized carbons (Fsp3) is 0.450. The monoisotopic (exact) mass is 353 g/mol. The molecule has 0 N–H and O–H groups in total. The molecular formula is C20H23N3O3. The van der Waals surface area contributed by atoms with E-state index in [0.717, 1.165) is 44.5 Å². The topological polar surface area (TPSA) is 66.7 Å². The molecule has 0 aromatic carbocycles. The number of aromatic nitrogens is 1. The first kappa shape index (κ1) is 16.8. The van der Waals surface area contributed by atoms with E-state index >= 15 is 0 Å². The van der Waals surface area contributed by atoms with Crippen LogP contribution >= 0.6 is 0 Å². The second kappa shape index (κ2) is 6.94. The van der Waals surface area contributed by atoms with Gasteiger partial charge in [-0.25, -0.2) is 0 Å². The molecule has 0 aliphatic carbocycles. The maximum absolute atomic E-state index is 12.5. The fourth-order valence-corrected chi connectivity index (χ4v) is 4.12. The summed E-state index contributed by atoms with van der Waals surface area (Å²) in [7, 11) is 0. The lowest BCUT2D eigenvalue weighted by molar-refractivity contribution is -0.139. The molecule has 6 heteroatoms. The molecule has 2 fully saturated rings. The Morgan fingerprint density at radius 2 is 2.08 bits per heavy atom. The summed E-state index contributed by atoms with van der Waals surface area (Å²) in [6.07, 6.45) is 9.99. The second-order valence-corrected chi connectivity index (χ2v) is 7.42. The summed E-state index contributed by atoms with van der Waals surface area (Å²) in [4.78, 5) is 32.9. The normalized spacial score (nSPS) is 19.8. The van der Waals surface area contributed by atoms with Crippen molar-refractivity contribution in [2.75, 3.05) is 19.6 Å². The predicted octanol–water partition coefficient (Wildman–Crippen LogP) is 2.72. The van der Waals surface area contributed by atoms with Crippen molar-refractivity contribution < 1.29 is 14.0 Å². The summed E-state index contributed by atoms with van der Waals surface area (Å²) < 4.78 is 5.02. The number of hydrogen-bond acceptors (Lipinski definition) is 4. The molecule has 0 unspecified atom stereocenters. The molecule has 1 spiro atoms. The highest BCUT2D eigenvalue weighted by Gasteiger charge is 2.41. The van der Waals surface area contributed by atoms with Gasteiger partial charge in [-0.1, -0.05) is 6.07 Å². The lowest BCUT2D eigenvalue weighted by atomic mass is 9.72. The van der Waals surface area contributed by atoms with Crippen LogP contribution in [0.5, 0.6) is 0 Å². The third-order valence-corrected chi connectivity index (χ3v) is 5.72. The first-order chi connectivity index (χ1) is 12.7. The van der Waals surface area contributed by atoms with Crippen molar-refractivity contribution in [3.8, 4) is 0 Å². The van der Waals surface area contributed by atoms with Gasteiger partial charge in [0.1, 0.15) is 6.26 Å². The van der Waals surface area contributed by atoms with E-state index in [1.54, 1.807) is 12.3 Å². The number of nitrogens with zero attached hydrogens (tertiary/aromatic N) is 3. The van der Waals surface area contributed by atoms with Crippen LogP contribution in [0.15, 0.2) is 47.5 Å². The lowest BCUT2D eigenvalue weighted by Crippen LogP contribution is -2.52. The SMILES string of the molecule is O=C1CCC2(CCN(C(=O)c3ccoc3)CC2)CN1Cc1cccnc1. The molecule has 6 nitrogen and oxygen atoms in total. The zero-order chi connectivity index (χ0) is 18.0. The summed E-state index contributed by atoms with van der Waals surface area (Å²) >= 11 is 0. The maximum atomic E-state index is 12.5. The minimum absolute atomic E-state index is 0.0349. The summed E-state index contributed by atoms with van der Waals surface area (Å²) in [5.41, 5.74) is 1.80. The van der Waals surface area contributed by atoms with Gasteiger partial charge in [-0.3, -0.25) is 14.6 Å². The minimum Gasteiger partial charge on any atom is -0.472 e. The Bertz CT molecular complexity index is 765. The van der Waals surface area contributed by atoms with Gasteiger partial charge < -0.3 is 14.2 Å². The summed E-state index contributed by atoms with van der Waals surface area (Å²) in [6.45, 7) is 2.86. The third kappa shape index (κ3) is 3.36. The molecule has 0 saturated carbocycles. The van der Waals surface area contributed by atoms with Gasteiger partial charge in [0.25, 0.3) is 5.91 Å². The van der Waals surface area contributed by atoms with E-state index in [2.05, 4.69) is 4.98 Å². The summed E-state index contributed by atoms with van der Waals surface area (Å²) in [5.74, 6) is 0.254. The van der Waals surface area contributed by atoms with E-state index in [9.17, 15) is 9.59 Å². The van der Waals surface area contributed by atoms with Crippen LogP contribution in [0.1, 0.15) is 41.6 Å². The summed E-state index contributed by atoms with van der Waals surface area (Å²) in [5, 5.41) is 0. The number of carbonyl (C=O) groups is 2. The van der Waals surface area contributed by atoms with E-state index in [1.807, 2.05) is 28.1 Å². The van der Waals surface area contributed by atoms with Crippen molar-refractivity contribution in [1.82, 2.24) is 14.8 Å². The Balaban J connectivity index is 1.40. The molecule has 0 bridgehead atoms. The standard InChI is InChI=1S/C20H23N3O3/c24-18-3-5-20(15-23(18)13-16-2-1-8-21-12-16)6-9-22(10-7-20)19(25)17-4-11-26-14-17/h1-2,4,8,11-12,14H,3,5-7,9-10,13,15H2. The fourth-order valence-electron chi connectivity index (χ4n) is 4.12. The lowest BCUT2D eigenvalue weighted by Gasteiger charge is -2.47. The molecule has 26 heavy (non-hydrogen) atoms. The number of furan rings is 1. The Morgan fingerprint density at radius 1 is 1.23 bits per heavy atom. The molecule has 2 saturated heterocycles. The highest BCUT2D eigenvalue weighted by molar-refractivity contribution is 5.93. The van der Waals surface area contributed by atoms with Crippen LogP contribution in [0.2, 0.25) is 0 Å². The number of rotatable bonds is 3. The average molecular weight is 353 g/mol. The van der Waals surface area contributed by atoms with E-state index in [4.69, 9.17) is 4.42 Å². The highest BCUT2D eigenvalue weighted by Crippen LogP contribution is 2.40. The molecule has 4 rings (SSSR count). The van der Waals surface area contributed by atoms with Crippen molar-refractivity contribution >= 4 is 11.8 Å². The van der Waals surface area contributed by atoms with Crippen LogP contribution in [-0.4, -0.2) is 46.2 Å². The number of likely N-dealkylation sites (tertiary alicyclic amines) is 2. The van der Waals surface area contributed by atoms with E-state index in [0.29, 0.717) is 18.5 Å². The molecular weight excluding hydrogens is 330 g/mol. The number of hydrogen-bond donors (Lipinski definition) is 0. The van der Waals surface area contributed by atoms with Gasteiger partial charge in [-0.2, -0.15) is 0 Å². The van der Waals surface area contributed by atoms with Crippen LogP contribution in [0, 0.1) is 5.41 Å². The van der Waals surface area contributed by atoms with Crippen molar-refractivity contribution in [3.05, 3.63) is 54.2 Å². The van der Waals surface area contributed by atoms with Crippen molar-refractivity contribution in [1.29, 1.82) is 0 Å². The largest absolute Gasteiger partial charge is 0.472 e. The van der Waals surface area contributed by atoms with Gasteiger partial charge in [-0.05, 0) is 42.4 Å². The minimum atomic E-state index is 0.0349. The van der Waals surface area contributed by atoms with Crippen molar-refractivity contribution in [2.24, 2.45) is 5.41 Å². The molecule has 4 heterocycles. The maximum Gasteiger partial charge on any atom is 0.257 e. The van der Waals surface area contributed by atoms with Crippen molar-refractivity contribution in [2.45, 2.75) is 32.2 Å². The Morgan fingerprint density at radius 3 is 2.77 bits per heavy atom. The van der Waals surface area contributed by atoms with Crippen molar-refractivity contribution in [3.63, 3.8) is 0 Å². The smallest absolute Gasteiger partial charge is 0.257 e. The number of carbonyl (C=O) groups excluding carboxylic acids is 2. The third-order valence-electron chi connectivity index (χ3n) is 5.72. The molecule has 2 aromatic rings. The van der Waals surface area contributed by atoms with Crippen LogP contribution in [0.4, 0.5) is 0 Å². The first-order valence-electron chi connectivity index (χ1n) is 9.13. The first-order valence-corrected chi connectivity index (χ1v) is 9.13. The van der Waals surface area contributed by atoms with Gasteiger partial charge >= 0.3 is 0 Å². The van der Waals surface area contributed by atoms with E-state index < -0.39 is 0 Å². The highest BCUT2D eigenvalue weighted by atomic mass is 16.3. The van der Waals surface area contributed by atoms with Gasteiger partial charge in [-0.15, -0.1) is 0 Å². The predicted molar refractivity (Wildman–Crippen MR) is 95.2 cm³/mol. The van der Waals surface area contributed by atoms with Crippen LogP contribution in [-0.2, 0) is 11.3 Å². The zero-order valence-electron chi connectivity index (χ0n) is 14.8. The number of piperidine rings is 2. The molecule has 2 amide bonds. The molecule has 136 valence electrons. The van der Waals surface area contributed by atoms with E-state index in [1.165, 1.54) is 12.5 Å². The van der Waals surface area contributed by atoms with Crippen LogP contribution in [0.25, 0.3) is 0 Å². The average Bonchev–Trinajstić information content (AvgIpc) is 3.21. The van der Waals surface area contributed by atoms with Crippen LogP contribution in [0.3, 0.4) is 0 Å². The molecule has 0 radical (unpaired) electrons. The molecule has 2 aliphatic heterocycles. The Kier molecular flexibility index (Phi) is 4.49. The van der Waals surface area contributed by atoms with Gasteiger partial charge in [0.15, 0.2) is 0 Å². The Hall–Kier alpha value is -2.63. The number of amides is 2.